The van der Waals surface area contributed by atoms with Crippen LogP contribution in [-0.4, -0.2) is 29.2 Å². The van der Waals surface area contributed by atoms with E-state index in [1.807, 2.05) is 31.2 Å². The number of hydrogen-bond acceptors (Lipinski definition) is 4. The smallest absolute Gasteiger partial charge is 0.239 e. The molecule has 1 heterocycles. The van der Waals surface area contributed by atoms with E-state index in [0.717, 1.165) is 29.5 Å². The molecule has 0 bridgehead atoms. The van der Waals surface area contributed by atoms with Gasteiger partial charge in [0.2, 0.25) is 10.0 Å². The third kappa shape index (κ3) is 3.58. The number of sulfonamides is 1. The SMILES string of the molecule is COc1cc(OC)c2c(c1)N(S(=O)(=O)Cc1ccc(C)cc1)CCC2. The van der Waals surface area contributed by atoms with E-state index >= 15 is 0 Å². The summed E-state index contributed by atoms with van der Waals surface area (Å²) in [5.41, 5.74) is 3.48. The van der Waals surface area contributed by atoms with E-state index in [1.54, 1.807) is 26.4 Å². The zero-order chi connectivity index (χ0) is 18.0. The first-order valence-corrected chi connectivity index (χ1v) is 9.86. The van der Waals surface area contributed by atoms with Crippen molar-refractivity contribution in [3.05, 3.63) is 53.1 Å². The van der Waals surface area contributed by atoms with Crippen LogP contribution in [0.25, 0.3) is 0 Å². The zero-order valence-electron chi connectivity index (χ0n) is 14.8. The summed E-state index contributed by atoms with van der Waals surface area (Å²) in [5.74, 6) is 1.24. The molecule has 0 unspecified atom stereocenters. The maximum atomic E-state index is 13.0. The Morgan fingerprint density at radius 3 is 2.44 bits per heavy atom. The number of aryl methyl sites for hydroxylation is 1. The first-order chi connectivity index (χ1) is 11.9. The standard InChI is InChI=1S/C19H23NO4S/c1-14-6-8-15(9-7-14)13-25(21,22)20-10-4-5-17-18(20)11-16(23-2)12-19(17)24-3/h6-9,11-12H,4-5,10,13H2,1-3H3. The average Bonchev–Trinajstić information content (AvgIpc) is 2.61. The predicted octanol–water partition coefficient (Wildman–Crippen LogP) is 3.29. The lowest BCUT2D eigenvalue weighted by Gasteiger charge is -2.31. The van der Waals surface area contributed by atoms with Gasteiger partial charge in [-0.05, 0) is 25.3 Å². The van der Waals surface area contributed by atoms with Gasteiger partial charge in [0.05, 0.1) is 25.7 Å². The summed E-state index contributed by atoms with van der Waals surface area (Å²) in [7, 11) is -0.334. The molecule has 0 amide bonds. The van der Waals surface area contributed by atoms with E-state index in [2.05, 4.69) is 0 Å². The molecule has 0 spiro atoms. The number of hydrogen-bond donors (Lipinski definition) is 0. The Hall–Kier alpha value is -2.21. The van der Waals surface area contributed by atoms with E-state index in [-0.39, 0.29) is 5.75 Å². The van der Waals surface area contributed by atoms with Crippen LogP contribution in [-0.2, 0) is 22.2 Å². The van der Waals surface area contributed by atoms with Gasteiger partial charge in [-0.1, -0.05) is 29.8 Å². The second-order valence-electron chi connectivity index (χ2n) is 6.24. The molecule has 2 aromatic carbocycles. The Balaban J connectivity index is 2.00. The fourth-order valence-corrected chi connectivity index (χ4v) is 4.80. The van der Waals surface area contributed by atoms with Crippen LogP contribution in [0.4, 0.5) is 5.69 Å². The van der Waals surface area contributed by atoms with Crippen LogP contribution in [0.1, 0.15) is 23.1 Å². The van der Waals surface area contributed by atoms with Crippen molar-refractivity contribution in [1.82, 2.24) is 0 Å². The van der Waals surface area contributed by atoms with Crippen molar-refractivity contribution in [1.29, 1.82) is 0 Å². The summed E-state index contributed by atoms with van der Waals surface area (Å²) in [6.45, 7) is 2.45. The molecule has 0 saturated heterocycles. The van der Waals surface area contributed by atoms with Crippen molar-refractivity contribution in [3.8, 4) is 11.5 Å². The van der Waals surface area contributed by atoms with Gasteiger partial charge in [-0.15, -0.1) is 0 Å². The summed E-state index contributed by atoms with van der Waals surface area (Å²) in [5, 5.41) is 0. The monoisotopic (exact) mass is 361 g/mol. The van der Waals surface area contributed by atoms with Gasteiger partial charge in [-0.3, -0.25) is 4.31 Å². The molecule has 0 aromatic heterocycles. The second-order valence-corrected chi connectivity index (χ2v) is 8.14. The molecule has 2 aromatic rings. The highest BCUT2D eigenvalue weighted by molar-refractivity contribution is 7.92. The lowest BCUT2D eigenvalue weighted by molar-refractivity contribution is 0.390. The molecule has 1 aliphatic heterocycles. The van der Waals surface area contributed by atoms with Crippen LogP contribution in [0.15, 0.2) is 36.4 Å². The van der Waals surface area contributed by atoms with Gasteiger partial charge >= 0.3 is 0 Å². The van der Waals surface area contributed by atoms with E-state index in [0.29, 0.717) is 23.7 Å². The highest BCUT2D eigenvalue weighted by atomic mass is 32.2. The Kier molecular flexibility index (Phi) is 4.90. The summed E-state index contributed by atoms with van der Waals surface area (Å²) < 4.78 is 38.3. The summed E-state index contributed by atoms with van der Waals surface area (Å²) in [6, 6.07) is 11.2. The second kappa shape index (κ2) is 6.96. The molecule has 0 fully saturated rings. The van der Waals surface area contributed by atoms with Crippen molar-refractivity contribution in [3.63, 3.8) is 0 Å². The van der Waals surface area contributed by atoms with Crippen LogP contribution < -0.4 is 13.8 Å². The molecule has 0 aliphatic carbocycles. The Bertz CT molecular complexity index is 860. The maximum Gasteiger partial charge on any atom is 0.239 e. The van der Waals surface area contributed by atoms with Gasteiger partial charge in [0.25, 0.3) is 0 Å². The van der Waals surface area contributed by atoms with Gasteiger partial charge < -0.3 is 9.47 Å². The van der Waals surface area contributed by atoms with Crippen molar-refractivity contribution >= 4 is 15.7 Å². The number of ether oxygens (including phenoxy) is 2. The Morgan fingerprint density at radius 1 is 1.08 bits per heavy atom. The molecule has 1 aliphatic rings. The molecule has 6 heteroatoms. The first kappa shape index (κ1) is 17.6. The highest BCUT2D eigenvalue weighted by Crippen LogP contribution is 2.39. The minimum atomic E-state index is -3.49. The normalized spacial score (nSPS) is 14.1. The molecular formula is C19H23NO4S. The van der Waals surface area contributed by atoms with Gasteiger partial charge in [0.1, 0.15) is 11.5 Å². The minimum Gasteiger partial charge on any atom is -0.497 e. The number of rotatable bonds is 5. The van der Waals surface area contributed by atoms with Crippen molar-refractivity contribution in [2.24, 2.45) is 0 Å². The molecule has 0 atom stereocenters. The van der Waals surface area contributed by atoms with E-state index in [1.165, 1.54) is 4.31 Å². The number of methoxy groups -OCH3 is 2. The molecular weight excluding hydrogens is 338 g/mol. The van der Waals surface area contributed by atoms with Gasteiger partial charge in [0, 0.05) is 24.2 Å². The van der Waals surface area contributed by atoms with Gasteiger partial charge in [0.15, 0.2) is 0 Å². The number of fused-ring (bicyclic) bond motifs is 1. The van der Waals surface area contributed by atoms with Crippen LogP contribution in [0, 0.1) is 6.92 Å². The molecule has 25 heavy (non-hydrogen) atoms. The van der Waals surface area contributed by atoms with E-state index in [4.69, 9.17) is 9.47 Å². The van der Waals surface area contributed by atoms with Crippen molar-refractivity contribution in [2.45, 2.75) is 25.5 Å². The van der Waals surface area contributed by atoms with Crippen molar-refractivity contribution in [2.75, 3.05) is 25.1 Å². The quantitative estimate of drug-likeness (QED) is 0.820. The van der Waals surface area contributed by atoms with Crippen LogP contribution in [0.5, 0.6) is 11.5 Å². The Morgan fingerprint density at radius 2 is 1.80 bits per heavy atom. The summed E-state index contributed by atoms with van der Waals surface area (Å²) >= 11 is 0. The molecule has 0 saturated carbocycles. The zero-order valence-corrected chi connectivity index (χ0v) is 15.6. The Labute approximate surface area is 149 Å². The highest BCUT2D eigenvalue weighted by Gasteiger charge is 2.30. The minimum absolute atomic E-state index is 0.0216. The topological polar surface area (TPSA) is 55.8 Å². The van der Waals surface area contributed by atoms with Crippen molar-refractivity contribution < 1.29 is 17.9 Å². The maximum absolute atomic E-state index is 13.0. The lowest BCUT2D eigenvalue weighted by Crippen LogP contribution is -2.36. The third-order valence-electron chi connectivity index (χ3n) is 4.48. The predicted molar refractivity (Wildman–Crippen MR) is 99.0 cm³/mol. The summed E-state index contributed by atoms with van der Waals surface area (Å²) in [4.78, 5) is 0. The number of anilines is 1. The average molecular weight is 361 g/mol. The first-order valence-electron chi connectivity index (χ1n) is 8.25. The molecule has 3 rings (SSSR count). The molecule has 5 nitrogen and oxygen atoms in total. The van der Waals surface area contributed by atoms with Crippen LogP contribution in [0.2, 0.25) is 0 Å². The molecule has 0 radical (unpaired) electrons. The van der Waals surface area contributed by atoms with Gasteiger partial charge in [-0.2, -0.15) is 0 Å². The fraction of sp³-hybridized carbons (Fsp3) is 0.368. The van der Waals surface area contributed by atoms with Crippen LogP contribution in [0.3, 0.4) is 0 Å². The fourth-order valence-electron chi connectivity index (χ4n) is 3.16. The molecule has 0 N–H and O–H groups in total. The molecule has 134 valence electrons. The van der Waals surface area contributed by atoms with Gasteiger partial charge in [-0.25, -0.2) is 8.42 Å². The number of nitrogens with zero attached hydrogens (tertiary/aromatic N) is 1. The van der Waals surface area contributed by atoms with E-state index < -0.39 is 10.0 Å². The van der Waals surface area contributed by atoms with Crippen LogP contribution >= 0.6 is 0 Å². The third-order valence-corrected chi connectivity index (χ3v) is 6.23. The van der Waals surface area contributed by atoms with E-state index in [9.17, 15) is 8.42 Å². The largest absolute Gasteiger partial charge is 0.497 e. The lowest BCUT2D eigenvalue weighted by atomic mass is 10.0. The summed E-state index contributed by atoms with van der Waals surface area (Å²) in [6.07, 6.45) is 1.56. The number of benzene rings is 2.